The molecule has 4 nitrogen and oxygen atoms in total. The average molecular weight is 181 g/mol. The van der Waals surface area contributed by atoms with Gasteiger partial charge in [0.1, 0.15) is 12.2 Å². The van der Waals surface area contributed by atoms with Gasteiger partial charge in [-0.25, -0.2) is 4.98 Å². The zero-order valence-electron chi connectivity index (χ0n) is 8.01. The van der Waals surface area contributed by atoms with Crippen molar-refractivity contribution in [2.45, 2.75) is 25.9 Å². The highest BCUT2D eigenvalue weighted by Gasteiger charge is 2.38. The molecule has 1 N–H and O–H groups in total. The first kappa shape index (κ1) is 8.69. The quantitative estimate of drug-likeness (QED) is 0.733. The Bertz CT molecular complexity index is 297. The average Bonchev–Trinajstić information content (AvgIpc) is 2.68. The molecule has 0 radical (unpaired) electrons. The van der Waals surface area contributed by atoms with E-state index in [1.807, 2.05) is 7.05 Å². The van der Waals surface area contributed by atoms with Gasteiger partial charge in [0.15, 0.2) is 0 Å². The third-order valence-electron chi connectivity index (χ3n) is 2.86. The van der Waals surface area contributed by atoms with Gasteiger partial charge in [-0.3, -0.25) is 4.68 Å². The van der Waals surface area contributed by atoms with Crippen molar-refractivity contribution in [3.8, 4) is 0 Å². The van der Waals surface area contributed by atoms with Crippen molar-refractivity contribution < 1.29 is 5.11 Å². The molecular weight excluding hydrogens is 166 g/mol. The normalized spacial score (nSPS) is 28.8. The van der Waals surface area contributed by atoms with E-state index >= 15 is 0 Å². The third kappa shape index (κ3) is 1.72. The van der Waals surface area contributed by atoms with Crippen molar-refractivity contribution in [2.75, 3.05) is 0 Å². The van der Waals surface area contributed by atoms with Crippen LogP contribution >= 0.6 is 0 Å². The molecule has 4 heteroatoms. The molecule has 3 unspecified atom stereocenters. The summed E-state index contributed by atoms with van der Waals surface area (Å²) < 4.78 is 1.72. The molecular formula is C9H15N3O. The highest BCUT2D eigenvalue weighted by Crippen LogP contribution is 2.41. The number of aromatic nitrogens is 3. The van der Waals surface area contributed by atoms with Crippen LogP contribution in [0.4, 0.5) is 0 Å². The Kier molecular flexibility index (Phi) is 2.07. The third-order valence-corrected chi connectivity index (χ3v) is 2.86. The van der Waals surface area contributed by atoms with Gasteiger partial charge in [0, 0.05) is 13.5 Å². The molecule has 0 spiro atoms. The lowest BCUT2D eigenvalue weighted by atomic mass is 10.1. The second-order valence-corrected chi connectivity index (χ2v) is 3.95. The molecule has 3 atom stereocenters. The summed E-state index contributed by atoms with van der Waals surface area (Å²) in [6, 6.07) is 0. The summed E-state index contributed by atoms with van der Waals surface area (Å²) in [6.45, 7) is 2.17. The van der Waals surface area contributed by atoms with Crippen LogP contribution in [0.5, 0.6) is 0 Å². The number of aliphatic hydroxyl groups is 1. The Morgan fingerprint density at radius 2 is 2.46 bits per heavy atom. The Balaban J connectivity index is 1.94. The van der Waals surface area contributed by atoms with Crippen LogP contribution in [0, 0.1) is 11.8 Å². The number of aryl methyl sites for hydroxylation is 1. The van der Waals surface area contributed by atoms with E-state index in [-0.39, 0.29) is 6.10 Å². The minimum absolute atomic E-state index is 0.238. The Morgan fingerprint density at radius 1 is 1.77 bits per heavy atom. The number of rotatable bonds is 3. The first-order valence-electron chi connectivity index (χ1n) is 4.69. The van der Waals surface area contributed by atoms with Crippen molar-refractivity contribution in [1.29, 1.82) is 0 Å². The predicted molar refractivity (Wildman–Crippen MR) is 48.0 cm³/mol. The van der Waals surface area contributed by atoms with Gasteiger partial charge in [-0.2, -0.15) is 5.10 Å². The zero-order valence-corrected chi connectivity index (χ0v) is 8.01. The Hall–Kier alpha value is -0.900. The van der Waals surface area contributed by atoms with Crippen molar-refractivity contribution in [2.24, 2.45) is 18.9 Å². The molecule has 13 heavy (non-hydrogen) atoms. The van der Waals surface area contributed by atoms with Crippen molar-refractivity contribution in [3.05, 3.63) is 12.2 Å². The van der Waals surface area contributed by atoms with Gasteiger partial charge < -0.3 is 5.11 Å². The molecule has 1 aliphatic rings. The molecule has 0 aromatic carbocycles. The van der Waals surface area contributed by atoms with Gasteiger partial charge in [-0.1, -0.05) is 6.92 Å². The minimum atomic E-state index is -0.238. The molecule has 0 bridgehead atoms. The van der Waals surface area contributed by atoms with E-state index in [1.54, 1.807) is 4.68 Å². The SMILES string of the molecule is CC1CC1C(O)Cc1ncnn1C. The number of hydrogen-bond acceptors (Lipinski definition) is 3. The number of hydrogen-bond donors (Lipinski definition) is 1. The van der Waals surface area contributed by atoms with Crippen molar-refractivity contribution in [3.63, 3.8) is 0 Å². The lowest BCUT2D eigenvalue weighted by molar-refractivity contribution is 0.143. The topological polar surface area (TPSA) is 50.9 Å². The summed E-state index contributed by atoms with van der Waals surface area (Å²) >= 11 is 0. The van der Waals surface area contributed by atoms with Crippen LogP contribution in [0.1, 0.15) is 19.2 Å². The summed E-state index contributed by atoms with van der Waals surface area (Å²) in [4.78, 5) is 4.08. The molecule has 2 rings (SSSR count). The van der Waals surface area contributed by atoms with Gasteiger partial charge in [0.05, 0.1) is 6.10 Å². The van der Waals surface area contributed by atoms with E-state index in [4.69, 9.17) is 0 Å². The second-order valence-electron chi connectivity index (χ2n) is 3.95. The van der Waals surface area contributed by atoms with Crippen LogP contribution in [0.25, 0.3) is 0 Å². The largest absolute Gasteiger partial charge is 0.392 e. The maximum Gasteiger partial charge on any atom is 0.138 e. The van der Waals surface area contributed by atoms with Crippen LogP contribution in [0.15, 0.2) is 6.33 Å². The van der Waals surface area contributed by atoms with Gasteiger partial charge in [-0.15, -0.1) is 0 Å². The van der Waals surface area contributed by atoms with E-state index in [9.17, 15) is 5.11 Å². The summed E-state index contributed by atoms with van der Waals surface area (Å²) in [5, 5.41) is 13.7. The minimum Gasteiger partial charge on any atom is -0.392 e. The van der Waals surface area contributed by atoms with E-state index in [0.717, 1.165) is 12.2 Å². The summed E-state index contributed by atoms with van der Waals surface area (Å²) in [5.74, 6) is 2.03. The molecule has 72 valence electrons. The maximum atomic E-state index is 9.77. The van der Waals surface area contributed by atoms with E-state index in [2.05, 4.69) is 17.0 Å². The van der Waals surface area contributed by atoms with Crippen molar-refractivity contribution in [1.82, 2.24) is 14.8 Å². The fraction of sp³-hybridized carbons (Fsp3) is 0.778. The first-order chi connectivity index (χ1) is 6.18. The van der Waals surface area contributed by atoms with Gasteiger partial charge in [-0.05, 0) is 18.3 Å². The number of aliphatic hydroxyl groups excluding tert-OH is 1. The molecule has 0 amide bonds. The van der Waals surface area contributed by atoms with Crippen molar-refractivity contribution >= 4 is 0 Å². The van der Waals surface area contributed by atoms with Crippen LogP contribution < -0.4 is 0 Å². The fourth-order valence-electron chi connectivity index (χ4n) is 1.73. The molecule has 1 heterocycles. The second kappa shape index (κ2) is 3.10. The fourth-order valence-corrected chi connectivity index (χ4v) is 1.73. The van der Waals surface area contributed by atoms with Gasteiger partial charge >= 0.3 is 0 Å². The standard InChI is InChI=1S/C9H15N3O/c1-6-3-7(6)8(13)4-9-10-5-11-12(9)2/h5-8,13H,3-4H2,1-2H3. The molecule has 1 saturated carbocycles. The zero-order chi connectivity index (χ0) is 9.42. The molecule has 0 aliphatic heterocycles. The smallest absolute Gasteiger partial charge is 0.138 e. The molecule has 1 fully saturated rings. The van der Waals surface area contributed by atoms with E-state index in [0.29, 0.717) is 18.3 Å². The lowest BCUT2D eigenvalue weighted by Crippen LogP contribution is -2.17. The highest BCUT2D eigenvalue weighted by molar-refractivity contribution is 4.95. The molecule has 0 saturated heterocycles. The van der Waals surface area contributed by atoms with Crippen LogP contribution in [0.2, 0.25) is 0 Å². The molecule has 1 aliphatic carbocycles. The van der Waals surface area contributed by atoms with Crippen LogP contribution in [-0.4, -0.2) is 26.0 Å². The van der Waals surface area contributed by atoms with Gasteiger partial charge in [0.2, 0.25) is 0 Å². The lowest BCUT2D eigenvalue weighted by Gasteiger charge is -2.08. The highest BCUT2D eigenvalue weighted by atomic mass is 16.3. The van der Waals surface area contributed by atoms with E-state index < -0.39 is 0 Å². The predicted octanol–water partition coefficient (Wildman–Crippen LogP) is 0.374. The number of nitrogens with zero attached hydrogens (tertiary/aromatic N) is 3. The molecule has 1 aromatic heterocycles. The summed E-state index contributed by atoms with van der Waals surface area (Å²) in [6.07, 6.45) is 3.07. The maximum absolute atomic E-state index is 9.77. The van der Waals surface area contributed by atoms with Crippen LogP contribution in [-0.2, 0) is 13.5 Å². The van der Waals surface area contributed by atoms with Gasteiger partial charge in [0.25, 0.3) is 0 Å². The molecule has 1 aromatic rings. The summed E-state index contributed by atoms with van der Waals surface area (Å²) in [5.41, 5.74) is 0. The first-order valence-corrected chi connectivity index (χ1v) is 4.69. The summed E-state index contributed by atoms with van der Waals surface area (Å²) in [7, 11) is 1.85. The van der Waals surface area contributed by atoms with E-state index in [1.165, 1.54) is 6.33 Å². The monoisotopic (exact) mass is 181 g/mol. The van der Waals surface area contributed by atoms with Crippen LogP contribution in [0.3, 0.4) is 0 Å². The Morgan fingerprint density at radius 3 is 2.92 bits per heavy atom. The Labute approximate surface area is 77.6 Å².